The molecule has 0 aromatic heterocycles. The van der Waals surface area contributed by atoms with E-state index in [1.54, 1.807) is 0 Å². The molecule has 0 bridgehead atoms. The number of hydrogen-bond acceptors (Lipinski definition) is 4. The van der Waals surface area contributed by atoms with Crippen LogP contribution in [0.4, 0.5) is 0 Å². The molecule has 1 atom stereocenters. The van der Waals surface area contributed by atoms with Gasteiger partial charge in [-0.2, -0.15) is 0 Å². The number of aliphatic hydroxyl groups excluding tert-OH is 1. The third-order valence-corrected chi connectivity index (χ3v) is 3.54. The molecule has 2 aromatic rings. The van der Waals surface area contributed by atoms with Crippen LogP contribution in [0.15, 0.2) is 54.6 Å². The zero-order valence-electron chi connectivity index (χ0n) is 13.9. The number of hydrogen-bond donors (Lipinski definition) is 3. The Morgan fingerprint density at radius 3 is 2.71 bits per heavy atom. The van der Waals surface area contributed by atoms with E-state index in [-0.39, 0.29) is 5.91 Å². The molecule has 3 N–H and O–H groups in total. The van der Waals surface area contributed by atoms with Crippen molar-refractivity contribution in [3.05, 3.63) is 71.3 Å². The van der Waals surface area contributed by atoms with E-state index in [4.69, 9.17) is 4.84 Å². The Bertz CT molecular complexity index is 632. The highest BCUT2D eigenvalue weighted by Crippen LogP contribution is 2.13. The van der Waals surface area contributed by atoms with E-state index in [1.165, 1.54) is 0 Å². The second-order valence-electron chi connectivity index (χ2n) is 5.67. The van der Waals surface area contributed by atoms with Gasteiger partial charge in [0.1, 0.15) is 0 Å². The fourth-order valence-electron chi connectivity index (χ4n) is 2.31. The summed E-state index contributed by atoms with van der Waals surface area (Å²) in [6.07, 6.45) is -0.266. The Hall–Kier alpha value is -2.21. The largest absolute Gasteiger partial charge is 0.387 e. The van der Waals surface area contributed by atoms with Crippen molar-refractivity contribution < 1.29 is 14.7 Å². The van der Waals surface area contributed by atoms with Crippen LogP contribution in [0.2, 0.25) is 0 Å². The lowest BCUT2D eigenvalue weighted by atomic mass is 10.1. The number of hydroxylamine groups is 1. The third kappa shape index (κ3) is 6.50. The maximum Gasteiger partial charge on any atom is 0.247 e. The number of rotatable bonds is 9. The maximum atomic E-state index is 11.7. The van der Waals surface area contributed by atoms with Gasteiger partial charge in [0, 0.05) is 13.1 Å². The molecule has 0 aliphatic rings. The average molecular weight is 328 g/mol. The average Bonchev–Trinajstić information content (AvgIpc) is 2.58. The second-order valence-corrected chi connectivity index (χ2v) is 5.67. The molecule has 0 fully saturated rings. The van der Waals surface area contributed by atoms with Gasteiger partial charge in [0.05, 0.1) is 19.1 Å². The molecule has 0 radical (unpaired) electrons. The van der Waals surface area contributed by atoms with Crippen LogP contribution >= 0.6 is 0 Å². The molecule has 0 saturated heterocycles. The Balaban J connectivity index is 1.56. The lowest BCUT2D eigenvalue weighted by Gasteiger charge is -2.13. The van der Waals surface area contributed by atoms with Gasteiger partial charge < -0.3 is 10.4 Å². The first-order valence-electron chi connectivity index (χ1n) is 8.05. The van der Waals surface area contributed by atoms with Crippen molar-refractivity contribution in [3.8, 4) is 0 Å². The Kier molecular flexibility index (Phi) is 7.42. The number of nitrogens with one attached hydrogen (secondary N) is 2. The van der Waals surface area contributed by atoms with Gasteiger partial charge in [0.2, 0.25) is 5.91 Å². The fourth-order valence-corrected chi connectivity index (χ4v) is 2.31. The normalized spacial score (nSPS) is 11.9. The zero-order chi connectivity index (χ0) is 17.2. The van der Waals surface area contributed by atoms with Crippen LogP contribution in [0.1, 0.15) is 22.8 Å². The summed E-state index contributed by atoms with van der Waals surface area (Å²) in [7, 11) is 0. The van der Waals surface area contributed by atoms with Crippen LogP contribution in [0.25, 0.3) is 0 Å². The number of amides is 1. The monoisotopic (exact) mass is 328 g/mol. The summed E-state index contributed by atoms with van der Waals surface area (Å²) in [6.45, 7) is 3.30. The molecular weight excluding hydrogens is 304 g/mol. The molecule has 0 aliphatic heterocycles. The molecule has 128 valence electrons. The van der Waals surface area contributed by atoms with Gasteiger partial charge in [-0.15, -0.1) is 0 Å². The molecule has 1 unspecified atom stereocenters. The van der Waals surface area contributed by atoms with Gasteiger partial charge in [-0.05, 0) is 18.1 Å². The summed E-state index contributed by atoms with van der Waals surface area (Å²) in [5.74, 6) is -0.180. The van der Waals surface area contributed by atoms with Crippen molar-refractivity contribution in [1.82, 2.24) is 10.8 Å². The Morgan fingerprint density at radius 2 is 1.96 bits per heavy atom. The number of carbonyl (C=O) groups is 1. The van der Waals surface area contributed by atoms with Crippen LogP contribution in [0, 0.1) is 6.92 Å². The summed E-state index contributed by atoms with van der Waals surface area (Å²) in [5, 5.41) is 13.2. The molecule has 0 heterocycles. The van der Waals surface area contributed by atoms with Crippen molar-refractivity contribution in [2.24, 2.45) is 0 Å². The van der Waals surface area contributed by atoms with E-state index in [2.05, 4.69) is 10.8 Å². The highest BCUT2D eigenvalue weighted by molar-refractivity contribution is 5.77. The first kappa shape index (κ1) is 18.1. The van der Waals surface area contributed by atoms with E-state index in [0.29, 0.717) is 26.1 Å². The predicted octanol–water partition coefficient (Wildman–Crippen LogP) is 1.91. The molecule has 0 aliphatic carbocycles. The van der Waals surface area contributed by atoms with E-state index >= 15 is 0 Å². The van der Waals surface area contributed by atoms with Crippen molar-refractivity contribution in [3.63, 3.8) is 0 Å². The molecular formula is C19H24N2O3. The van der Waals surface area contributed by atoms with Gasteiger partial charge >= 0.3 is 0 Å². The Morgan fingerprint density at radius 1 is 1.17 bits per heavy atom. The smallest absolute Gasteiger partial charge is 0.247 e. The van der Waals surface area contributed by atoms with Gasteiger partial charge in [-0.3, -0.25) is 9.63 Å². The highest BCUT2D eigenvalue weighted by Gasteiger charge is 2.07. The van der Waals surface area contributed by atoms with Gasteiger partial charge in [-0.1, -0.05) is 60.2 Å². The summed E-state index contributed by atoms with van der Waals surface area (Å²) in [4.78, 5) is 16.8. The summed E-state index contributed by atoms with van der Waals surface area (Å²) in [6, 6.07) is 17.3. The minimum atomic E-state index is -0.558. The number of carbonyl (C=O) groups excluding carboxylic acids is 1. The van der Waals surface area contributed by atoms with Crippen LogP contribution in [0.5, 0.6) is 0 Å². The lowest BCUT2D eigenvalue weighted by molar-refractivity contribution is -0.132. The molecule has 2 rings (SSSR count). The maximum absolute atomic E-state index is 11.7. The minimum absolute atomic E-state index is 0.180. The van der Waals surface area contributed by atoms with E-state index in [0.717, 1.165) is 16.7 Å². The van der Waals surface area contributed by atoms with Gasteiger partial charge in [0.25, 0.3) is 0 Å². The molecule has 0 spiro atoms. The minimum Gasteiger partial charge on any atom is -0.387 e. The first-order chi connectivity index (χ1) is 11.6. The van der Waals surface area contributed by atoms with Crippen molar-refractivity contribution >= 4 is 5.91 Å². The molecule has 5 nitrogen and oxygen atoms in total. The highest BCUT2D eigenvalue weighted by atomic mass is 16.6. The predicted molar refractivity (Wildman–Crippen MR) is 93.2 cm³/mol. The number of aryl methyl sites for hydroxylation is 1. The standard InChI is InChI=1S/C19H24N2O3/c1-15-6-5-9-17(12-15)18(22)14-20-10-11-24-21-19(23)13-16-7-3-2-4-8-16/h2-9,12,18,20,22H,10-11,13-14H2,1H3,(H,21,23). The fraction of sp³-hybridized carbons (Fsp3) is 0.316. The van der Waals surface area contributed by atoms with Crippen molar-refractivity contribution in [2.45, 2.75) is 19.4 Å². The van der Waals surface area contributed by atoms with E-state index in [9.17, 15) is 9.90 Å². The van der Waals surface area contributed by atoms with Crippen LogP contribution < -0.4 is 10.8 Å². The molecule has 2 aromatic carbocycles. The van der Waals surface area contributed by atoms with Crippen molar-refractivity contribution in [1.29, 1.82) is 0 Å². The topological polar surface area (TPSA) is 70.6 Å². The first-order valence-corrected chi connectivity index (χ1v) is 8.05. The van der Waals surface area contributed by atoms with Crippen LogP contribution in [-0.2, 0) is 16.1 Å². The van der Waals surface area contributed by atoms with Crippen LogP contribution in [-0.4, -0.2) is 30.7 Å². The molecule has 0 saturated carbocycles. The second kappa shape index (κ2) is 9.82. The van der Waals surface area contributed by atoms with Gasteiger partial charge in [0.15, 0.2) is 0 Å². The molecule has 24 heavy (non-hydrogen) atoms. The van der Waals surface area contributed by atoms with Crippen molar-refractivity contribution in [2.75, 3.05) is 19.7 Å². The molecule has 1 amide bonds. The summed E-state index contributed by atoms with van der Waals surface area (Å²) in [5.41, 5.74) is 5.37. The molecule has 5 heteroatoms. The summed E-state index contributed by atoms with van der Waals surface area (Å²) >= 11 is 0. The zero-order valence-corrected chi connectivity index (χ0v) is 13.9. The van der Waals surface area contributed by atoms with E-state index in [1.807, 2.05) is 61.5 Å². The van der Waals surface area contributed by atoms with Gasteiger partial charge in [-0.25, -0.2) is 5.48 Å². The number of benzene rings is 2. The lowest BCUT2D eigenvalue weighted by Crippen LogP contribution is -2.31. The third-order valence-electron chi connectivity index (χ3n) is 3.54. The summed E-state index contributed by atoms with van der Waals surface area (Å²) < 4.78 is 0. The SMILES string of the molecule is Cc1cccc(C(O)CNCCONC(=O)Cc2ccccc2)c1. The number of aliphatic hydroxyl groups is 1. The van der Waals surface area contributed by atoms with Crippen LogP contribution in [0.3, 0.4) is 0 Å². The Labute approximate surface area is 142 Å². The van der Waals surface area contributed by atoms with E-state index < -0.39 is 6.10 Å². The quantitative estimate of drug-likeness (QED) is 0.486.